The summed E-state index contributed by atoms with van der Waals surface area (Å²) in [5, 5.41) is 2.72. The van der Waals surface area contributed by atoms with Gasteiger partial charge in [-0.3, -0.25) is 10.1 Å². The van der Waals surface area contributed by atoms with Crippen molar-refractivity contribution in [1.82, 2.24) is 0 Å². The van der Waals surface area contributed by atoms with E-state index in [9.17, 15) is 9.59 Å². The van der Waals surface area contributed by atoms with E-state index in [0.717, 1.165) is 9.75 Å². The molecule has 0 aliphatic rings. The number of amides is 3. The molecule has 5 nitrogen and oxygen atoms in total. The van der Waals surface area contributed by atoms with Gasteiger partial charge in [-0.1, -0.05) is 11.6 Å². The number of hydrogen-bond acceptors (Lipinski definition) is 4. The fourth-order valence-electron chi connectivity index (χ4n) is 1.35. The Kier molecular flexibility index (Phi) is 3.55. The molecule has 0 radical (unpaired) electrons. The normalized spacial score (nSPS) is 10.3. The second kappa shape index (κ2) is 4.97. The highest BCUT2D eigenvalue weighted by atomic mass is 35.5. The summed E-state index contributed by atoms with van der Waals surface area (Å²) in [4.78, 5) is 23.8. The van der Waals surface area contributed by atoms with E-state index in [4.69, 9.17) is 23.1 Å². The summed E-state index contributed by atoms with van der Waals surface area (Å²) in [6.45, 7) is 0. The van der Waals surface area contributed by atoms with E-state index in [0.29, 0.717) is 9.34 Å². The standard InChI is InChI=1S/C10H8ClN3O2S2/c11-7-2-1-5(17-7)6-3-4(8(12)15)9(18-6)14-10(13)16/h1-3H,(H2,12,15)(H3,13,14,16). The summed E-state index contributed by atoms with van der Waals surface area (Å²) in [5.41, 5.74) is 10.5. The van der Waals surface area contributed by atoms with Crippen molar-refractivity contribution in [3.63, 3.8) is 0 Å². The molecular weight excluding hydrogens is 294 g/mol. The largest absolute Gasteiger partial charge is 0.366 e. The van der Waals surface area contributed by atoms with Crippen molar-refractivity contribution in [2.24, 2.45) is 11.5 Å². The van der Waals surface area contributed by atoms with Crippen LogP contribution in [0.15, 0.2) is 18.2 Å². The zero-order chi connectivity index (χ0) is 13.3. The average molecular weight is 302 g/mol. The molecule has 3 amide bonds. The summed E-state index contributed by atoms with van der Waals surface area (Å²) in [6, 6.07) is 4.46. The van der Waals surface area contributed by atoms with Crippen molar-refractivity contribution < 1.29 is 9.59 Å². The van der Waals surface area contributed by atoms with Crippen LogP contribution in [-0.2, 0) is 0 Å². The molecule has 0 saturated heterocycles. The number of nitrogens with two attached hydrogens (primary N) is 2. The molecule has 8 heteroatoms. The molecule has 5 N–H and O–H groups in total. The molecule has 2 rings (SSSR count). The fourth-order valence-corrected chi connectivity index (χ4v) is 3.54. The lowest BCUT2D eigenvalue weighted by Gasteiger charge is -1.98. The van der Waals surface area contributed by atoms with Gasteiger partial charge in [-0.15, -0.1) is 22.7 Å². The molecular formula is C10H8ClN3O2S2. The SMILES string of the molecule is NC(=O)Nc1sc(-c2ccc(Cl)s2)cc1C(N)=O. The lowest BCUT2D eigenvalue weighted by molar-refractivity contribution is 0.100. The van der Waals surface area contributed by atoms with Gasteiger partial charge >= 0.3 is 6.03 Å². The number of thiophene rings is 2. The monoisotopic (exact) mass is 301 g/mol. The molecule has 0 atom stereocenters. The molecule has 0 bridgehead atoms. The first kappa shape index (κ1) is 12.9. The molecule has 94 valence electrons. The van der Waals surface area contributed by atoms with Gasteiger partial charge in [0.25, 0.3) is 5.91 Å². The first-order valence-electron chi connectivity index (χ1n) is 4.73. The van der Waals surface area contributed by atoms with Crippen LogP contribution in [0.25, 0.3) is 9.75 Å². The van der Waals surface area contributed by atoms with E-state index < -0.39 is 11.9 Å². The summed E-state index contributed by atoms with van der Waals surface area (Å²) in [5.74, 6) is -0.621. The zero-order valence-electron chi connectivity index (χ0n) is 8.90. The smallest absolute Gasteiger partial charge is 0.317 e. The molecule has 0 spiro atoms. The number of primary amides is 2. The molecule has 2 aromatic heterocycles. The first-order chi connectivity index (χ1) is 8.47. The minimum atomic E-state index is -0.741. The highest BCUT2D eigenvalue weighted by Gasteiger charge is 2.16. The van der Waals surface area contributed by atoms with Crippen molar-refractivity contribution in [2.75, 3.05) is 5.32 Å². The molecule has 0 unspecified atom stereocenters. The Bertz CT molecular complexity index is 620. The van der Waals surface area contributed by atoms with Crippen LogP contribution in [0.1, 0.15) is 10.4 Å². The second-order valence-corrected chi connectivity index (χ2v) is 6.08. The maximum atomic E-state index is 11.3. The van der Waals surface area contributed by atoms with Gasteiger partial charge in [-0.2, -0.15) is 0 Å². The van der Waals surface area contributed by atoms with Crippen molar-refractivity contribution in [2.45, 2.75) is 0 Å². The molecule has 18 heavy (non-hydrogen) atoms. The quantitative estimate of drug-likeness (QED) is 0.812. The summed E-state index contributed by atoms with van der Waals surface area (Å²) < 4.78 is 0.642. The van der Waals surface area contributed by atoms with E-state index in [2.05, 4.69) is 5.32 Å². The van der Waals surface area contributed by atoms with Crippen LogP contribution in [0.5, 0.6) is 0 Å². The van der Waals surface area contributed by atoms with Gasteiger partial charge in [-0.25, -0.2) is 4.79 Å². The lowest BCUT2D eigenvalue weighted by Crippen LogP contribution is -2.21. The third-order valence-electron chi connectivity index (χ3n) is 2.05. The van der Waals surface area contributed by atoms with E-state index in [-0.39, 0.29) is 5.56 Å². The molecule has 0 aromatic carbocycles. The third-order valence-corrected chi connectivity index (χ3v) is 4.53. The number of urea groups is 1. The van der Waals surface area contributed by atoms with Crippen LogP contribution in [0.2, 0.25) is 4.34 Å². The van der Waals surface area contributed by atoms with Gasteiger partial charge in [0.1, 0.15) is 5.00 Å². The molecule has 0 fully saturated rings. The predicted molar refractivity (Wildman–Crippen MR) is 74.4 cm³/mol. The number of rotatable bonds is 3. The number of anilines is 1. The van der Waals surface area contributed by atoms with Gasteiger partial charge in [0.2, 0.25) is 0 Å². The molecule has 0 saturated carbocycles. The van der Waals surface area contributed by atoms with Crippen molar-refractivity contribution in [3.05, 3.63) is 28.1 Å². The molecule has 0 aliphatic heterocycles. The Balaban J connectivity index is 2.45. The van der Waals surface area contributed by atoms with Crippen molar-refractivity contribution in [3.8, 4) is 9.75 Å². The Morgan fingerprint density at radius 2 is 1.89 bits per heavy atom. The number of nitrogens with one attached hydrogen (secondary N) is 1. The Morgan fingerprint density at radius 3 is 2.39 bits per heavy atom. The second-order valence-electron chi connectivity index (χ2n) is 3.31. The minimum absolute atomic E-state index is 0.235. The van der Waals surface area contributed by atoms with Crippen LogP contribution in [-0.4, -0.2) is 11.9 Å². The third kappa shape index (κ3) is 2.63. The highest BCUT2D eigenvalue weighted by Crippen LogP contribution is 2.39. The van der Waals surface area contributed by atoms with E-state index >= 15 is 0 Å². The zero-order valence-corrected chi connectivity index (χ0v) is 11.3. The predicted octanol–water partition coefficient (Wildman–Crippen LogP) is 2.72. The Morgan fingerprint density at radius 1 is 1.17 bits per heavy atom. The van der Waals surface area contributed by atoms with E-state index in [1.807, 2.05) is 6.07 Å². The maximum Gasteiger partial charge on any atom is 0.317 e. The van der Waals surface area contributed by atoms with Gasteiger partial charge in [0, 0.05) is 9.75 Å². The van der Waals surface area contributed by atoms with Gasteiger partial charge in [0.05, 0.1) is 9.90 Å². The number of carbonyl (C=O) groups is 2. The maximum absolute atomic E-state index is 11.3. The Hall–Kier alpha value is -1.57. The van der Waals surface area contributed by atoms with Crippen LogP contribution >= 0.6 is 34.3 Å². The number of hydrogen-bond donors (Lipinski definition) is 3. The van der Waals surface area contributed by atoms with Crippen LogP contribution in [0, 0.1) is 0 Å². The highest BCUT2D eigenvalue weighted by molar-refractivity contribution is 7.26. The van der Waals surface area contributed by atoms with E-state index in [1.54, 1.807) is 12.1 Å². The fraction of sp³-hybridized carbons (Fsp3) is 0. The first-order valence-corrected chi connectivity index (χ1v) is 6.74. The number of halogens is 1. The number of carbonyl (C=O) groups excluding carboxylic acids is 2. The average Bonchev–Trinajstić information content (AvgIpc) is 2.83. The van der Waals surface area contributed by atoms with Gasteiger partial charge < -0.3 is 11.5 Å². The molecule has 0 aliphatic carbocycles. The van der Waals surface area contributed by atoms with Crippen molar-refractivity contribution in [1.29, 1.82) is 0 Å². The summed E-state index contributed by atoms with van der Waals surface area (Å²) in [6.07, 6.45) is 0. The van der Waals surface area contributed by atoms with E-state index in [1.165, 1.54) is 22.7 Å². The Labute approximate surface area is 115 Å². The van der Waals surface area contributed by atoms with Gasteiger partial charge in [0.15, 0.2) is 0 Å². The summed E-state index contributed by atoms with van der Waals surface area (Å²) in [7, 11) is 0. The van der Waals surface area contributed by atoms with Crippen molar-refractivity contribution >= 4 is 51.2 Å². The van der Waals surface area contributed by atoms with Crippen LogP contribution in [0.3, 0.4) is 0 Å². The lowest BCUT2D eigenvalue weighted by atomic mass is 10.2. The molecule has 2 heterocycles. The van der Waals surface area contributed by atoms with Gasteiger partial charge in [-0.05, 0) is 18.2 Å². The van der Waals surface area contributed by atoms with Crippen LogP contribution in [0.4, 0.5) is 9.80 Å². The van der Waals surface area contributed by atoms with Crippen LogP contribution < -0.4 is 16.8 Å². The minimum Gasteiger partial charge on any atom is -0.366 e. The summed E-state index contributed by atoms with van der Waals surface area (Å²) >= 11 is 8.44. The molecule has 2 aromatic rings. The topological polar surface area (TPSA) is 98.2 Å².